The van der Waals surface area contributed by atoms with Crippen molar-refractivity contribution in [3.05, 3.63) is 54.4 Å². The largest absolute Gasteiger partial charge is 0.487 e. The Labute approximate surface area is 154 Å². The van der Waals surface area contributed by atoms with E-state index in [-0.39, 0.29) is 12.0 Å². The van der Waals surface area contributed by atoms with Crippen molar-refractivity contribution in [2.45, 2.75) is 13.0 Å². The number of aromatic nitrogens is 1. The van der Waals surface area contributed by atoms with Gasteiger partial charge < -0.3 is 19.9 Å². The number of anilines is 1. The zero-order chi connectivity index (χ0) is 18.4. The number of hydrogen-bond donors (Lipinski definition) is 1. The average molecular weight is 354 g/mol. The third-order valence-corrected chi connectivity index (χ3v) is 4.52. The van der Waals surface area contributed by atoms with E-state index in [4.69, 9.17) is 4.74 Å². The van der Waals surface area contributed by atoms with Crippen LogP contribution in [-0.2, 0) is 0 Å². The summed E-state index contributed by atoms with van der Waals surface area (Å²) in [5, 5.41) is 2.92. The van der Waals surface area contributed by atoms with E-state index in [9.17, 15) is 4.79 Å². The van der Waals surface area contributed by atoms with Crippen LogP contribution in [0.5, 0.6) is 5.75 Å². The molecule has 1 amide bonds. The zero-order valence-corrected chi connectivity index (χ0v) is 15.4. The lowest BCUT2D eigenvalue weighted by atomic mass is 10.1. The monoisotopic (exact) mass is 354 g/mol. The van der Waals surface area contributed by atoms with E-state index >= 15 is 0 Å². The Balaban J connectivity index is 1.48. The summed E-state index contributed by atoms with van der Waals surface area (Å²) in [6.45, 7) is 6.53. The number of benzene rings is 1. The Morgan fingerprint density at radius 1 is 1.19 bits per heavy atom. The summed E-state index contributed by atoms with van der Waals surface area (Å²) in [5.41, 5.74) is 1.83. The molecule has 1 atom stereocenters. The van der Waals surface area contributed by atoms with Gasteiger partial charge in [0.2, 0.25) is 0 Å². The van der Waals surface area contributed by atoms with E-state index in [2.05, 4.69) is 27.1 Å². The number of likely N-dealkylation sites (N-methyl/N-ethyl adjacent to an activating group) is 1. The molecule has 1 aliphatic heterocycles. The van der Waals surface area contributed by atoms with Crippen LogP contribution in [0.3, 0.4) is 0 Å². The minimum atomic E-state index is -0.132. The van der Waals surface area contributed by atoms with Crippen molar-refractivity contribution in [3.8, 4) is 5.75 Å². The Kier molecular flexibility index (Phi) is 6.07. The summed E-state index contributed by atoms with van der Waals surface area (Å²) < 4.78 is 5.72. The molecule has 1 N–H and O–H groups in total. The fraction of sp³-hybridized carbons (Fsp3) is 0.400. The smallest absolute Gasteiger partial charge is 0.251 e. The molecule has 2 aromatic rings. The number of carbonyl (C=O) groups is 1. The van der Waals surface area contributed by atoms with Crippen LogP contribution < -0.4 is 15.0 Å². The number of carbonyl (C=O) groups excluding carboxylic acids is 1. The van der Waals surface area contributed by atoms with Crippen molar-refractivity contribution in [1.29, 1.82) is 0 Å². The Morgan fingerprint density at radius 3 is 2.58 bits per heavy atom. The Hall–Kier alpha value is -2.60. The lowest BCUT2D eigenvalue weighted by molar-refractivity contribution is 0.0932. The van der Waals surface area contributed by atoms with E-state index < -0.39 is 0 Å². The first kappa shape index (κ1) is 18.2. The molecule has 6 heteroatoms. The maximum absolute atomic E-state index is 12.3. The van der Waals surface area contributed by atoms with E-state index in [1.165, 1.54) is 5.69 Å². The number of pyridine rings is 1. The van der Waals surface area contributed by atoms with Crippen LogP contribution in [0.1, 0.15) is 17.3 Å². The fourth-order valence-electron chi connectivity index (χ4n) is 2.92. The quantitative estimate of drug-likeness (QED) is 0.860. The third-order valence-electron chi connectivity index (χ3n) is 4.52. The van der Waals surface area contributed by atoms with Crippen LogP contribution in [-0.4, -0.2) is 61.7 Å². The summed E-state index contributed by atoms with van der Waals surface area (Å²) in [6, 6.07) is 11.5. The molecule has 138 valence electrons. The Bertz CT molecular complexity index is 698. The summed E-state index contributed by atoms with van der Waals surface area (Å²) in [6.07, 6.45) is 3.23. The summed E-state index contributed by atoms with van der Waals surface area (Å²) in [7, 11) is 2.14. The molecule has 26 heavy (non-hydrogen) atoms. The summed E-state index contributed by atoms with van der Waals surface area (Å²) >= 11 is 0. The van der Waals surface area contributed by atoms with Crippen LogP contribution in [0.25, 0.3) is 0 Å². The zero-order valence-electron chi connectivity index (χ0n) is 15.4. The van der Waals surface area contributed by atoms with E-state index in [1.807, 2.05) is 43.3 Å². The molecule has 1 fully saturated rings. The molecule has 6 nitrogen and oxygen atoms in total. The third kappa shape index (κ3) is 4.95. The average Bonchev–Trinajstić information content (AvgIpc) is 2.68. The van der Waals surface area contributed by atoms with Gasteiger partial charge in [0.1, 0.15) is 11.9 Å². The van der Waals surface area contributed by atoms with Gasteiger partial charge in [0.05, 0.1) is 12.7 Å². The number of amides is 1. The van der Waals surface area contributed by atoms with Crippen molar-refractivity contribution in [2.24, 2.45) is 0 Å². The molecule has 0 radical (unpaired) electrons. The normalized spacial score (nSPS) is 16.2. The SMILES string of the molecule is C[C@H](CNC(=O)c1ccc(N2CCN(C)CC2)cc1)Oc1cccnc1. The Morgan fingerprint density at radius 2 is 1.92 bits per heavy atom. The minimum absolute atomic E-state index is 0.0865. The van der Waals surface area contributed by atoms with Crippen LogP contribution in [0, 0.1) is 0 Å². The fourth-order valence-corrected chi connectivity index (χ4v) is 2.92. The lowest BCUT2D eigenvalue weighted by Gasteiger charge is -2.34. The van der Waals surface area contributed by atoms with E-state index in [0.717, 1.165) is 26.2 Å². The van der Waals surface area contributed by atoms with Crippen molar-refractivity contribution in [1.82, 2.24) is 15.2 Å². The molecule has 3 rings (SSSR count). The molecule has 0 bridgehead atoms. The second-order valence-electron chi connectivity index (χ2n) is 6.66. The molecule has 0 unspecified atom stereocenters. The highest BCUT2D eigenvalue weighted by atomic mass is 16.5. The molecule has 2 heterocycles. The highest BCUT2D eigenvalue weighted by molar-refractivity contribution is 5.94. The molecule has 0 aliphatic carbocycles. The van der Waals surface area contributed by atoms with Gasteiger partial charge in [0.25, 0.3) is 5.91 Å². The van der Waals surface area contributed by atoms with Crippen LogP contribution in [0.4, 0.5) is 5.69 Å². The van der Waals surface area contributed by atoms with Gasteiger partial charge in [-0.05, 0) is 50.4 Å². The van der Waals surface area contributed by atoms with Crippen LogP contribution in [0.15, 0.2) is 48.8 Å². The molecular weight excluding hydrogens is 328 g/mol. The molecule has 1 saturated heterocycles. The van der Waals surface area contributed by atoms with Gasteiger partial charge in [-0.25, -0.2) is 0 Å². The molecule has 0 spiro atoms. The topological polar surface area (TPSA) is 57.7 Å². The van der Waals surface area contributed by atoms with Crippen LogP contribution in [0.2, 0.25) is 0 Å². The van der Waals surface area contributed by atoms with Gasteiger partial charge in [0.15, 0.2) is 0 Å². The van der Waals surface area contributed by atoms with Gasteiger partial charge in [-0.15, -0.1) is 0 Å². The van der Waals surface area contributed by atoms with Gasteiger partial charge in [-0.1, -0.05) is 0 Å². The van der Waals surface area contributed by atoms with Gasteiger partial charge >= 0.3 is 0 Å². The number of hydrogen-bond acceptors (Lipinski definition) is 5. The highest BCUT2D eigenvalue weighted by Gasteiger charge is 2.15. The second-order valence-corrected chi connectivity index (χ2v) is 6.66. The first-order valence-electron chi connectivity index (χ1n) is 9.00. The first-order valence-corrected chi connectivity index (χ1v) is 9.00. The van der Waals surface area contributed by atoms with Crippen molar-refractivity contribution >= 4 is 11.6 Å². The molecule has 0 saturated carbocycles. The van der Waals surface area contributed by atoms with Crippen molar-refractivity contribution < 1.29 is 9.53 Å². The van der Waals surface area contributed by atoms with Crippen molar-refractivity contribution in [3.63, 3.8) is 0 Å². The van der Waals surface area contributed by atoms with Gasteiger partial charge in [-0.2, -0.15) is 0 Å². The van der Waals surface area contributed by atoms with Crippen LogP contribution >= 0.6 is 0 Å². The lowest BCUT2D eigenvalue weighted by Crippen LogP contribution is -2.44. The highest BCUT2D eigenvalue weighted by Crippen LogP contribution is 2.17. The van der Waals surface area contributed by atoms with Gasteiger partial charge in [-0.3, -0.25) is 9.78 Å². The van der Waals surface area contributed by atoms with E-state index in [0.29, 0.717) is 17.9 Å². The second kappa shape index (κ2) is 8.67. The molecule has 1 aromatic carbocycles. The molecule has 1 aliphatic rings. The molecular formula is C20H26N4O2. The maximum atomic E-state index is 12.3. The predicted molar refractivity (Wildman–Crippen MR) is 103 cm³/mol. The summed E-state index contributed by atoms with van der Waals surface area (Å²) in [4.78, 5) is 21.0. The molecule has 1 aromatic heterocycles. The summed E-state index contributed by atoms with van der Waals surface area (Å²) in [5.74, 6) is 0.613. The van der Waals surface area contributed by atoms with Crippen molar-refractivity contribution in [2.75, 3.05) is 44.7 Å². The predicted octanol–water partition coefficient (Wildman–Crippen LogP) is 2.03. The standard InChI is InChI=1S/C20H26N4O2/c1-16(26-19-4-3-9-21-15-19)14-22-20(25)17-5-7-18(8-6-17)24-12-10-23(2)11-13-24/h3-9,15-16H,10-14H2,1-2H3,(H,22,25)/t16-/m1/s1. The number of nitrogens with one attached hydrogen (secondary N) is 1. The number of rotatable bonds is 6. The number of nitrogens with zero attached hydrogens (tertiary/aromatic N) is 3. The maximum Gasteiger partial charge on any atom is 0.251 e. The number of piperazine rings is 1. The van der Waals surface area contributed by atoms with Gasteiger partial charge in [0, 0.05) is 43.6 Å². The van der Waals surface area contributed by atoms with E-state index in [1.54, 1.807) is 12.4 Å². The minimum Gasteiger partial charge on any atom is -0.487 e. The number of ether oxygens (including phenoxy) is 1. The first-order chi connectivity index (χ1) is 12.6.